The summed E-state index contributed by atoms with van der Waals surface area (Å²) < 4.78 is 1.60. The second kappa shape index (κ2) is 5.22. The molecule has 0 bridgehead atoms. The first-order valence-electron chi connectivity index (χ1n) is 7.78. The molecular formula is C17H17N3O3. The predicted octanol–water partition coefficient (Wildman–Crippen LogP) is 1.71. The average Bonchev–Trinajstić information content (AvgIpc) is 3.04. The zero-order valence-electron chi connectivity index (χ0n) is 12.4. The fourth-order valence-electron chi connectivity index (χ4n) is 3.73. The summed E-state index contributed by atoms with van der Waals surface area (Å²) in [5.41, 5.74) is 1.29. The fraction of sp³-hybridized carbons (Fsp3) is 0.353. The van der Waals surface area contributed by atoms with E-state index in [2.05, 4.69) is 10.4 Å². The van der Waals surface area contributed by atoms with Gasteiger partial charge in [-0.25, -0.2) is 4.68 Å². The molecule has 2 aromatic rings. The van der Waals surface area contributed by atoms with Crippen LogP contribution < -0.4 is 5.32 Å². The van der Waals surface area contributed by atoms with Crippen molar-refractivity contribution in [1.82, 2.24) is 15.1 Å². The molecule has 23 heavy (non-hydrogen) atoms. The summed E-state index contributed by atoms with van der Waals surface area (Å²) in [5, 5.41) is 16.4. The monoisotopic (exact) mass is 311 g/mol. The maximum atomic E-state index is 12.6. The molecule has 2 aliphatic rings. The number of hydrogen-bond acceptors (Lipinski definition) is 3. The molecule has 118 valence electrons. The zero-order valence-corrected chi connectivity index (χ0v) is 12.4. The molecule has 1 heterocycles. The highest BCUT2D eigenvalue weighted by Gasteiger charge is 2.57. The lowest BCUT2D eigenvalue weighted by molar-refractivity contribution is -0.142. The number of aliphatic carboxylic acids is 1. The van der Waals surface area contributed by atoms with E-state index in [-0.39, 0.29) is 23.8 Å². The van der Waals surface area contributed by atoms with E-state index in [4.69, 9.17) is 0 Å². The largest absolute Gasteiger partial charge is 0.481 e. The van der Waals surface area contributed by atoms with Crippen LogP contribution in [-0.2, 0) is 4.79 Å². The fourth-order valence-corrected chi connectivity index (χ4v) is 3.73. The van der Waals surface area contributed by atoms with E-state index in [0.717, 1.165) is 12.1 Å². The highest BCUT2D eigenvalue weighted by atomic mass is 16.4. The van der Waals surface area contributed by atoms with E-state index < -0.39 is 5.97 Å². The average molecular weight is 311 g/mol. The molecule has 1 aromatic heterocycles. The minimum atomic E-state index is -0.747. The van der Waals surface area contributed by atoms with Gasteiger partial charge in [0.2, 0.25) is 0 Å². The summed E-state index contributed by atoms with van der Waals surface area (Å²) >= 11 is 0. The number of benzene rings is 1. The molecule has 0 unspecified atom stereocenters. The van der Waals surface area contributed by atoms with Crippen LogP contribution in [0, 0.1) is 17.8 Å². The van der Waals surface area contributed by atoms with Gasteiger partial charge in [0.25, 0.3) is 5.91 Å². The molecule has 0 radical (unpaired) electrons. The molecule has 2 aliphatic carbocycles. The van der Waals surface area contributed by atoms with E-state index in [1.807, 2.05) is 30.3 Å². The summed E-state index contributed by atoms with van der Waals surface area (Å²) in [4.78, 5) is 23.8. The van der Waals surface area contributed by atoms with E-state index in [9.17, 15) is 14.7 Å². The molecule has 1 amide bonds. The lowest BCUT2D eigenvalue weighted by Crippen LogP contribution is -2.37. The molecule has 1 aromatic carbocycles. The van der Waals surface area contributed by atoms with Crippen LogP contribution >= 0.6 is 0 Å². The molecule has 6 heteroatoms. The van der Waals surface area contributed by atoms with Crippen LogP contribution in [0.3, 0.4) is 0 Å². The van der Waals surface area contributed by atoms with Crippen LogP contribution in [0.4, 0.5) is 0 Å². The SMILES string of the molecule is O=C(N[C@H]1C[C@@H](C(=O)O)[C@@H]2C[C@@H]21)c1ccnn1-c1ccccc1. The lowest BCUT2D eigenvalue weighted by Gasteiger charge is -2.16. The summed E-state index contributed by atoms with van der Waals surface area (Å²) in [5.74, 6) is -0.717. The van der Waals surface area contributed by atoms with Gasteiger partial charge in [-0.05, 0) is 42.9 Å². The maximum absolute atomic E-state index is 12.6. The molecule has 4 rings (SSSR count). The number of nitrogens with zero attached hydrogens (tertiary/aromatic N) is 2. The van der Waals surface area contributed by atoms with Crippen LogP contribution in [0.1, 0.15) is 23.3 Å². The third-order valence-corrected chi connectivity index (χ3v) is 4.94. The second-order valence-electron chi connectivity index (χ2n) is 6.29. The number of nitrogens with one attached hydrogen (secondary N) is 1. The number of amides is 1. The zero-order chi connectivity index (χ0) is 16.0. The van der Waals surface area contributed by atoms with E-state index >= 15 is 0 Å². The normalized spacial score (nSPS) is 28.2. The number of carbonyl (C=O) groups excluding carboxylic acids is 1. The van der Waals surface area contributed by atoms with Crippen LogP contribution in [-0.4, -0.2) is 32.8 Å². The van der Waals surface area contributed by atoms with Crippen LogP contribution in [0.25, 0.3) is 5.69 Å². The maximum Gasteiger partial charge on any atom is 0.306 e. The van der Waals surface area contributed by atoms with Gasteiger partial charge in [-0.3, -0.25) is 9.59 Å². The minimum Gasteiger partial charge on any atom is -0.481 e. The van der Waals surface area contributed by atoms with Crippen molar-refractivity contribution in [3.05, 3.63) is 48.3 Å². The summed E-state index contributed by atoms with van der Waals surface area (Å²) in [7, 11) is 0. The summed E-state index contributed by atoms with van der Waals surface area (Å²) in [6.45, 7) is 0. The van der Waals surface area contributed by atoms with E-state index in [1.165, 1.54) is 0 Å². The molecule has 0 spiro atoms. The van der Waals surface area contributed by atoms with Gasteiger partial charge in [-0.15, -0.1) is 0 Å². The minimum absolute atomic E-state index is 0.0484. The van der Waals surface area contributed by atoms with Crippen molar-refractivity contribution in [2.45, 2.75) is 18.9 Å². The quantitative estimate of drug-likeness (QED) is 0.900. The number of carboxylic acids is 1. The number of rotatable bonds is 4. The Hall–Kier alpha value is -2.63. The highest BCUT2D eigenvalue weighted by molar-refractivity contribution is 5.93. The standard InChI is InChI=1S/C17H17N3O3/c21-16(19-14-9-13(17(22)23)11-8-12(11)14)15-6-7-18-20(15)10-4-2-1-3-5-10/h1-7,11-14H,8-9H2,(H,19,21)(H,22,23)/t11-,12+,13-,14+/m1/s1. The number of para-hydroxylation sites is 1. The number of fused-ring (bicyclic) bond motifs is 1. The Morgan fingerprint density at radius 1 is 1.13 bits per heavy atom. The van der Waals surface area contributed by atoms with Gasteiger partial charge < -0.3 is 10.4 Å². The Kier molecular flexibility index (Phi) is 3.18. The molecule has 0 aliphatic heterocycles. The van der Waals surface area contributed by atoms with Crippen LogP contribution in [0.2, 0.25) is 0 Å². The molecule has 6 nitrogen and oxygen atoms in total. The first kappa shape index (κ1) is 14.0. The van der Waals surface area contributed by atoms with Crippen molar-refractivity contribution in [2.75, 3.05) is 0 Å². The van der Waals surface area contributed by atoms with Gasteiger partial charge in [-0.1, -0.05) is 18.2 Å². The van der Waals surface area contributed by atoms with Gasteiger partial charge in [0.1, 0.15) is 5.69 Å². The second-order valence-corrected chi connectivity index (χ2v) is 6.29. The molecule has 2 saturated carbocycles. The number of aromatic nitrogens is 2. The molecule has 4 atom stereocenters. The number of carboxylic acid groups (broad SMARTS) is 1. The van der Waals surface area contributed by atoms with Gasteiger partial charge >= 0.3 is 5.97 Å². The molecule has 2 fully saturated rings. The van der Waals surface area contributed by atoms with Gasteiger partial charge in [0, 0.05) is 6.04 Å². The Morgan fingerprint density at radius 3 is 2.61 bits per heavy atom. The van der Waals surface area contributed by atoms with Gasteiger partial charge in [0.15, 0.2) is 0 Å². The third-order valence-electron chi connectivity index (χ3n) is 4.94. The topological polar surface area (TPSA) is 84.2 Å². The van der Waals surface area contributed by atoms with Crippen molar-refractivity contribution in [2.24, 2.45) is 17.8 Å². The molecule has 2 N–H and O–H groups in total. The van der Waals surface area contributed by atoms with E-state index in [1.54, 1.807) is 16.9 Å². The Balaban J connectivity index is 1.51. The van der Waals surface area contributed by atoms with Gasteiger partial charge in [0.05, 0.1) is 17.8 Å². The van der Waals surface area contributed by atoms with Crippen LogP contribution in [0.5, 0.6) is 0 Å². The lowest BCUT2D eigenvalue weighted by atomic mass is 10.0. The van der Waals surface area contributed by atoms with Crippen molar-refractivity contribution >= 4 is 11.9 Å². The predicted molar refractivity (Wildman–Crippen MR) is 82.2 cm³/mol. The molecular weight excluding hydrogens is 294 g/mol. The number of hydrogen-bond donors (Lipinski definition) is 2. The number of carbonyl (C=O) groups is 2. The highest BCUT2D eigenvalue weighted by Crippen LogP contribution is 2.55. The Labute approximate surface area is 133 Å². The smallest absolute Gasteiger partial charge is 0.306 e. The van der Waals surface area contributed by atoms with Crippen molar-refractivity contribution in [1.29, 1.82) is 0 Å². The van der Waals surface area contributed by atoms with E-state index in [0.29, 0.717) is 18.0 Å². The first-order chi connectivity index (χ1) is 11.1. The Bertz CT molecular complexity index is 755. The third kappa shape index (κ3) is 2.40. The summed E-state index contributed by atoms with van der Waals surface area (Å²) in [6.07, 6.45) is 3.02. The van der Waals surface area contributed by atoms with Crippen LogP contribution in [0.15, 0.2) is 42.6 Å². The summed E-state index contributed by atoms with van der Waals surface area (Å²) in [6, 6.07) is 11.1. The Morgan fingerprint density at radius 2 is 1.91 bits per heavy atom. The van der Waals surface area contributed by atoms with Crippen molar-refractivity contribution in [3.63, 3.8) is 0 Å². The first-order valence-corrected chi connectivity index (χ1v) is 7.78. The molecule has 0 saturated heterocycles. The van der Waals surface area contributed by atoms with Gasteiger partial charge in [-0.2, -0.15) is 5.10 Å². The van der Waals surface area contributed by atoms with Crippen molar-refractivity contribution in [3.8, 4) is 5.69 Å². The van der Waals surface area contributed by atoms with Crippen molar-refractivity contribution < 1.29 is 14.7 Å².